The molecule has 0 radical (unpaired) electrons. The van der Waals surface area contributed by atoms with Gasteiger partial charge in [0, 0.05) is 0 Å². The Kier molecular flexibility index (Phi) is 4.20. The van der Waals surface area contributed by atoms with Gasteiger partial charge in [-0.1, -0.05) is 36.4 Å². The fourth-order valence-electron chi connectivity index (χ4n) is 2.70. The Morgan fingerprint density at radius 1 is 0.920 bits per heavy atom. The van der Waals surface area contributed by atoms with Crippen molar-refractivity contribution in [2.75, 3.05) is 0 Å². The van der Waals surface area contributed by atoms with E-state index in [1.165, 1.54) is 12.1 Å². The first kappa shape index (κ1) is 17.0. The Hall–Kier alpha value is -2.89. The molecular formula is C19H14F3NO2. The standard InChI is InChI=1S/C19H14F3NO2/c1-12(6-7-13-8-10-14(11-9-13)19(20,21)22)23-17(24)15-4-2-3-5-16(15)18(23)25/h2-12H,1H3/b7-6+. The highest BCUT2D eigenvalue weighted by atomic mass is 19.4. The van der Waals surface area contributed by atoms with Crippen LogP contribution in [0.5, 0.6) is 0 Å². The number of fused-ring (bicyclic) bond motifs is 1. The summed E-state index contributed by atoms with van der Waals surface area (Å²) in [6.45, 7) is 1.68. The maximum atomic E-state index is 12.6. The number of carbonyl (C=O) groups is 2. The van der Waals surface area contributed by atoms with Gasteiger partial charge in [-0.15, -0.1) is 0 Å². The first-order valence-electron chi connectivity index (χ1n) is 7.61. The second-order valence-corrected chi connectivity index (χ2v) is 5.75. The van der Waals surface area contributed by atoms with Crippen molar-refractivity contribution in [3.05, 3.63) is 76.9 Å². The normalized spacial score (nSPS) is 15.8. The quantitative estimate of drug-likeness (QED) is 0.773. The van der Waals surface area contributed by atoms with E-state index in [4.69, 9.17) is 0 Å². The van der Waals surface area contributed by atoms with Crippen LogP contribution in [0.3, 0.4) is 0 Å². The van der Waals surface area contributed by atoms with Crippen molar-refractivity contribution in [1.82, 2.24) is 4.90 Å². The summed E-state index contributed by atoms with van der Waals surface area (Å²) in [7, 11) is 0. The molecule has 1 aliphatic heterocycles. The van der Waals surface area contributed by atoms with Gasteiger partial charge in [-0.2, -0.15) is 13.2 Å². The number of alkyl halides is 3. The van der Waals surface area contributed by atoms with Crippen LogP contribution in [-0.4, -0.2) is 22.8 Å². The SMILES string of the molecule is CC(/C=C/c1ccc(C(F)(F)F)cc1)N1C(=O)c2ccccc2C1=O. The first-order chi connectivity index (χ1) is 11.8. The van der Waals surface area contributed by atoms with E-state index in [2.05, 4.69) is 0 Å². The average Bonchev–Trinajstić information content (AvgIpc) is 2.84. The molecule has 1 atom stereocenters. The highest BCUT2D eigenvalue weighted by Crippen LogP contribution is 2.29. The van der Waals surface area contributed by atoms with Crippen LogP contribution in [0.1, 0.15) is 38.8 Å². The molecule has 0 bridgehead atoms. The number of benzene rings is 2. The van der Waals surface area contributed by atoms with Crippen molar-refractivity contribution in [2.45, 2.75) is 19.1 Å². The van der Waals surface area contributed by atoms with Crippen molar-refractivity contribution < 1.29 is 22.8 Å². The Morgan fingerprint density at radius 3 is 1.92 bits per heavy atom. The van der Waals surface area contributed by atoms with Crippen molar-refractivity contribution in [3.63, 3.8) is 0 Å². The summed E-state index contributed by atoms with van der Waals surface area (Å²) < 4.78 is 37.7. The van der Waals surface area contributed by atoms with E-state index in [-0.39, 0.29) is 11.8 Å². The number of imide groups is 1. The Bertz CT molecular complexity index is 819. The minimum absolute atomic E-state index is 0.363. The van der Waals surface area contributed by atoms with Crippen molar-refractivity contribution >= 4 is 17.9 Å². The summed E-state index contributed by atoms with van der Waals surface area (Å²) >= 11 is 0. The molecular weight excluding hydrogens is 331 g/mol. The monoisotopic (exact) mass is 345 g/mol. The lowest BCUT2D eigenvalue weighted by Gasteiger charge is -2.19. The topological polar surface area (TPSA) is 37.4 Å². The minimum atomic E-state index is -4.38. The number of carbonyl (C=O) groups excluding carboxylic acids is 2. The molecule has 1 unspecified atom stereocenters. The second kappa shape index (κ2) is 6.20. The summed E-state index contributed by atoms with van der Waals surface area (Å²) in [5, 5.41) is 0. The second-order valence-electron chi connectivity index (χ2n) is 5.75. The zero-order valence-corrected chi connectivity index (χ0v) is 13.2. The first-order valence-corrected chi connectivity index (χ1v) is 7.61. The molecule has 1 aliphatic rings. The van der Waals surface area contributed by atoms with Crippen LogP contribution in [0, 0.1) is 0 Å². The van der Waals surface area contributed by atoms with Gasteiger partial charge in [-0.25, -0.2) is 0 Å². The number of hydrogen-bond donors (Lipinski definition) is 0. The molecule has 0 fully saturated rings. The van der Waals surface area contributed by atoms with E-state index in [0.29, 0.717) is 16.7 Å². The third kappa shape index (κ3) is 3.20. The predicted octanol–water partition coefficient (Wildman–Crippen LogP) is 4.40. The summed E-state index contributed by atoms with van der Waals surface area (Å²) in [6.07, 6.45) is -1.17. The molecule has 2 aromatic carbocycles. The Labute approximate surface area is 142 Å². The molecule has 0 aliphatic carbocycles. The van der Waals surface area contributed by atoms with Gasteiger partial charge in [-0.05, 0) is 36.8 Å². The molecule has 2 amide bonds. The number of halogens is 3. The van der Waals surface area contributed by atoms with Crippen LogP contribution in [0.4, 0.5) is 13.2 Å². The smallest absolute Gasteiger partial charge is 0.269 e. The van der Waals surface area contributed by atoms with Crippen LogP contribution in [0.25, 0.3) is 6.08 Å². The summed E-state index contributed by atoms with van der Waals surface area (Å²) in [5.74, 6) is -0.740. The van der Waals surface area contributed by atoms with Crippen LogP contribution < -0.4 is 0 Å². The largest absolute Gasteiger partial charge is 0.416 e. The van der Waals surface area contributed by atoms with Crippen LogP contribution in [-0.2, 0) is 6.18 Å². The van der Waals surface area contributed by atoms with E-state index in [0.717, 1.165) is 17.0 Å². The lowest BCUT2D eigenvalue weighted by Crippen LogP contribution is -2.36. The molecule has 0 aromatic heterocycles. The molecule has 0 N–H and O–H groups in total. The van der Waals surface area contributed by atoms with E-state index >= 15 is 0 Å². The predicted molar refractivity (Wildman–Crippen MR) is 86.9 cm³/mol. The van der Waals surface area contributed by atoms with Gasteiger partial charge >= 0.3 is 6.18 Å². The van der Waals surface area contributed by atoms with Gasteiger partial charge in [0.1, 0.15) is 0 Å². The highest BCUT2D eigenvalue weighted by Gasteiger charge is 2.37. The van der Waals surface area contributed by atoms with E-state index < -0.39 is 17.8 Å². The van der Waals surface area contributed by atoms with E-state index in [1.54, 1.807) is 43.3 Å². The molecule has 2 aromatic rings. The Balaban J connectivity index is 1.77. The average molecular weight is 345 g/mol. The maximum absolute atomic E-state index is 12.6. The van der Waals surface area contributed by atoms with Crippen LogP contribution in [0.15, 0.2) is 54.6 Å². The molecule has 128 valence electrons. The fourth-order valence-corrected chi connectivity index (χ4v) is 2.70. The summed E-state index contributed by atoms with van der Waals surface area (Å²) in [6, 6.07) is 10.7. The van der Waals surface area contributed by atoms with Crippen LogP contribution >= 0.6 is 0 Å². The molecule has 25 heavy (non-hydrogen) atoms. The van der Waals surface area contributed by atoms with Gasteiger partial charge in [0.15, 0.2) is 0 Å². The van der Waals surface area contributed by atoms with Gasteiger partial charge in [0.05, 0.1) is 22.7 Å². The molecule has 0 saturated carbocycles. The third-order valence-corrected chi connectivity index (χ3v) is 4.04. The lowest BCUT2D eigenvalue weighted by atomic mass is 10.1. The summed E-state index contributed by atoms with van der Waals surface area (Å²) in [5.41, 5.74) is 0.555. The van der Waals surface area contributed by atoms with Crippen molar-refractivity contribution in [1.29, 1.82) is 0 Å². The molecule has 3 nitrogen and oxygen atoms in total. The number of amides is 2. The molecule has 0 saturated heterocycles. The van der Waals surface area contributed by atoms with Gasteiger partial charge < -0.3 is 0 Å². The number of hydrogen-bond acceptors (Lipinski definition) is 2. The van der Waals surface area contributed by atoms with E-state index in [1.807, 2.05) is 0 Å². The Morgan fingerprint density at radius 2 is 1.44 bits per heavy atom. The zero-order chi connectivity index (χ0) is 18.2. The maximum Gasteiger partial charge on any atom is 0.416 e. The van der Waals surface area contributed by atoms with Gasteiger partial charge in [0.2, 0.25) is 0 Å². The van der Waals surface area contributed by atoms with Crippen molar-refractivity contribution in [3.8, 4) is 0 Å². The van der Waals surface area contributed by atoms with Gasteiger partial charge in [-0.3, -0.25) is 14.5 Å². The molecule has 1 heterocycles. The molecule has 3 rings (SSSR count). The lowest BCUT2D eigenvalue weighted by molar-refractivity contribution is -0.137. The van der Waals surface area contributed by atoms with Crippen molar-refractivity contribution in [2.24, 2.45) is 0 Å². The highest BCUT2D eigenvalue weighted by molar-refractivity contribution is 6.21. The zero-order valence-electron chi connectivity index (χ0n) is 13.2. The number of nitrogens with zero attached hydrogens (tertiary/aromatic N) is 1. The fraction of sp³-hybridized carbons (Fsp3) is 0.158. The summed E-state index contributed by atoms with van der Waals surface area (Å²) in [4.78, 5) is 25.9. The molecule has 6 heteroatoms. The van der Waals surface area contributed by atoms with Crippen LogP contribution in [0.2, 0.25) is 0 Å². The number of rotatable bonds is 3. The van der Waals surface area contributed by atoms with E-state index in [9.17, 15) is 22.8 Å². The van der Waals surface area contributed by atoms with Gasteiger partial charge in [0.25, 0.3) is 11.8 Å². The molecule has 0 spiro atoms. The minimum Gasteiger partial charge on any atom is -0.269 e. The third-order valence-electron chi connectivity index (χ3n) is 4.04.